The van der Waals surface area contributed by atoms with E-state index in [1.54, 1.807) is 0 Å². The van der Waals surface area contributed by atoms with Crippen LogP contribution in [0.15, 0.2) is 46.9 Å². The molecule has 0 atom stereocenters. The van der Waals surface area contributed by atoms with Gasteiger partial charge in [-0.2, -0.15) is 0 Å². The zero-order valence-electron chi connectivity index (χ0n) is 17.7. The molecule has 5 rings (SSSR count). The molecule has 0 aliphatic heterocycles. The van der Waals surface area contributed by atoms with E-state index in [0.717, 1.165) is 24.3 Å². The van der Waals surface area contributed by atoms with Crippen molar-refractivity contribution in [2.45, 2.75) is 0 Å². The second kappa shape index (κ2) is 8.76. The Hall–Kier alpha value is -3.60. The Morgan fingerprint density at radius 2 is 0.676 bits per heavy atom. The molecule has 0 aliphatic carbocycles. The lowest BCUT2D eigenvalue weighted by atomic mass is 9.85. The van der Waals surface area contributed by atoms with E-state index in [-0.39, 0.29) is 26.0 Å². The van der Waals surface area contributed by atoms with E-state index in [1.807, 2.05) is 0 Å². The number of benzene rings is 5. The van der Waals surface area contributed by atoms with Gasteiger partial charge in [-0.15, -0.1) is 0 Å². The van der Waals surface area contributed by atoms with Gasteiger partial charge in [0.1, 0.15) is 0 Å². The summed E-state index contributed by atoms with van der Waals surface area (Å²) in [7, 11) is 0. The molecule has 0 saturated heterocycles. The molecule has 0 spiro atoms. The fourth-order valence-electron chi connectivity index (χ4n) is 4.34. The second-order valence-electron chi connectivity index (χ2n) is 7.88. The summed E-state index contributed by atoms with van der Waals surface area (Å²) in [6.07, 6.45) is 0. The summed E-state index contributed by atoms with van der Waals surface area (Å²) in [5, 5.41) is -1.14. The number of rotatable bonds is 2. The molecule has 0 heterocycles. The van der Waals surface area contributed by atoms with Crippen molar-refractivity contribution in [2.24, 2.45) is 0 Å². The van der Waals surface area contributed by atoms with Crippen molar-refractivity contribution in [3.05, 3.63) is 105 Å². The molecule has 0 radical (unpaired) electrons. The van der Waals surface area contributed by atoms with Crippen LogP contribution in [0.5, 0.6) is 0 Å². The minimum absolute atomic E-state index is 0.212. The SMILES string of the molecule is Fc1c(F)c(F)c(-c2c3ccccc3c(-c3c(F)c(F)c(F)c(F)c3F)c3cc(Br)ccc23)c(F)c1F. The van der Waals surface area contributed by atoms with Gasteiger partial charge in [-0.05, 0) is 33.7 Å². The fraction of sp³-hybridized carbons (Fsp3) is 0. The molecule has 0 aromatic heterocycles. The van der Waals surface area contributed by atoms with E-state index in [2.05, 4.69) is 15.9 Å². The molecule has 188 valence electrons. The average molecular weight is 589 g/mol. The normalized spacial score (nSPS) is 11.6. The maximum Gasteiger partial charge on any atom is 0.200 e. The monoisotopic (exact) mass is 588 g/mol. The zero-order chi connectivity index (χ0) is 26.9. The first-order chi connectivity index (χ1) is 17.5. The first-order valence-corrected chi connectivity index (χ1v) is 10.9. The Morgan fingerprint density at radius 3 is 1.08 bits per heavy atom. The fourth-order valence-corrected chi connectivity index (χ4v) is 4.70. The first-order valence-electron chi connectivity index (χ1n) is 10.1. The highest BCUT2D eigenvalue weighted by molar-refractivity contribution is 9.10. The minimum Gasteiger partial charge on any atom is -0.203 e. The molecule has 0 fully saturated rings. The lowest BCUT2D eigenvalue weighted by Crippen LogP contribution is -2.06. The highest BCUT2D eigenvalue weighted by Gasteiger charge is 2.32. The predicted octanol–water partition coefficient (Wildman–Crippen LogP) is 9.48. The molecular weight excluding hydrogens is 582 g/mol. The van der Waals surface area contributed by atoms with Gasteiger partial charge < -0.3 is 0 Å². The topological polar surface area (TPSA) is 0 Å². The second-order valence-corrected chi connectivity index (χ2v) is 8.79. The van der Waals surface area contributed by atoms with Crippen molar-refractivity contribution in [2.75, 3.05) is 0 Å². The predicted molar refractivity (Wildman–Crippen MR) is 120 cm³/mol. The van der Waals surface area contributed by atoms with Crippen molar-refractivity contribution in [3.8, 4) is 22.3 Å². The number of hydrogen-bond acceptors (Lipinski definition) is 0. The van der Waals surface area contributed by atoms with Crippen molar-refractivity contribution >= 4 is 37.5 Å². The van der Waals surface area contributed by atoms with Crippen LogP contribution in [-0.2, 0) is 0 Å². The average Bonchev–Trinajstić information content (AvgIpc) is 2.89. The third-order valence-electron chi connectivity index (χ3n) is 5.91. The van der Waals surface area contributed by atoms with Crippen molar-refractivity contribution < 1.29 is 43.9 Å². The lowest BCUT2D eigenvalue weighted by Gasteiger charge is -2.20. The van der Waals surface area contributed by atoms with Crippen LogP contribution in [0, 0.1) is 58.2 Å². The Kier molecular flexibility index (Phi) is 5.93. The molecule has 37 heavy (non-hydrogen) atoms. The molecule has 0 amide bonds. The van der Waals surface area contributed by atoms with Gasteiger partial charge in [-0.1, -0.05) is 46.3 Å². The highest BCUT2D eigenvalue weighted by atomic mass is 79.9. The van der Waals surface area contributed by atoms with Gasteiger partial charge >= 0.3 is 0 Å². The van der Waals surface area contributed by atoms with Crippen LogP contribution >= 0.6 is 15.9 Å². The molecule has 0 unspecified atom stereocenters. The summed E-state index contributed by atoms with van der Waals surface area (Å²) < 4.78 is 144. The van der Waals surface area contributed by atoms with Crippen LogP contribution in [-0.4, -0.2) is 0 Å². The maximum atomic E-state index is 15.0. The van der Waals surface area contributed by atoms with Gasteiger partial charge in [0.25, 0.3) is 0 Å². The minimum atomic E-state index is -2.40. The van der Waals surface area contributed by atoms with Crippen LogP contribution in [0.1, 0.15) is 0 Å². The lowest BCUT2D eigenvalue weighted by molar-refractivity contribution is 0.381. The summed E-state index contributed by atoms with van der Waals surface area (Å²) in [5.41, 5.74) is -3.76. The number of hydrogen-bond donors (Lipinski definition) is 0. The standard InChI is InChI=1S/C26H7BrF10/c27-8-5-6-11-12(7-8)14(16-19(30)23(34)26(37)24(35)20(16)31)10-4-2-1-3-9(10)13(11)15-17(28)21(32)25(36)22(33)18(15)29/h1-7H. The molecular formula is C26H7BrF10. The third-order valence-corrected chi connectivity index (χ3v) is 6.40. The smallest absolute Gasteiger partial charge is 0.200 e. The van der Waals surface area contributed by atoms with Gasteiger partial charge in [-0.3, -0.25) is 0 Å². The Morgan fingerprint density at radius 1 is 0.351 bits per heavy atom. The van der Waals surface area contributed by atoms with Crippen LogP contribution in [0.4, 0.5) is 43.9 Å². The molecule has 0 N–H and O–H groups in total. The van der Waals surface area contributed by atoms with E-state index < -0.39 is 80.4 Å². The molecule has 0 bridgehead atoms. The van der Waals surface area contributed by atoms with Crippen LogP contribution in [0.2, 0.25) is 0 Å². The van der Waals surface area contributed by atoms with Crippen molar-refractivity contribution in [3.63, 3.8) is 0 Å². The van der Waals surface area contributed by atoms with Gasteiger partial charge in [0.15, 0.2) is 46.5 Å². The molecule has 0 saturated carbocycles. The van der Waals surface area contributed by atoms with Crippen LogP contribution < -0.4 is 0 Å². The third kappa shape index (κ3) is 3.51. The van der Waals surface area contributed by atoms with Crippen molar-refractivity contribution in [1.29, 1.82) is 0 Å². The van der Waals surface area contributed by atoms with Gasteiger partial charge in [0.2, 0.25) is 11.6 Å². The van der Waals surface area contributed by atoms with Crippen LogP contribution in [0.25, 0.3) is 43.8 Å². The van der Waals surface area contributed by atoms with E-state index in [1.165, 1.54) is 18.2 Å². The van der Waals surface area contributed by atoms with Gasteiger partial charge in [-0.25, -0.2) is 43.9 Å². The maximum absolute atomic E-state index is 15.0. The molecule has 11 heteroatoms. The Bertz CT molecular complexity index is 1740. The highest BCUT2D eigenvalue weighted by Crippen LogP contribution is 2.48. The summed E-state index contributed by atoms with van der Waals surface area (Å²) in [4.78, 5) is 0. The summed E-state index contributed by atoms with van der Waals surface area (Å²) >= 11 is 3.11. The summed E-state index contributed by atoms with van der Waals surface area (Å²) in [6.45, 7) is 0. The molecule has 5 aromatic carbocycles. The van der Waals surface area contributed by atoms with Gasteiger partial charge in [0, 0.05) is 15.6 Å². The van der Waals surface area contributed by atoms with Crippen LogP contribution in [0.3, 0.4) is 0 Å². The largest absolute Gasteiger partial charge is 0.203 e. The molecule has 0 nitrogen and oxygen atoms in total. The van der Waals surface area contributed by atoms with Crippen molar-refractivity contribution in [1.82, 2.24) is 0 Å². The molecule has 0 aliphatic rings. The Labute approximate surface area is 208 Å². The zero-order valence-corrected chi connectivity index (χ0v) is 19.3. The van der Waals surface area contributed by atoms with E-state index >= 15 is 0 Å². The number of fused-ring (bicyclic) bond motifs is 2. The van der Waals surface area contributed by atoms with Gasteiger partial charge in [0.05, 0.1) is 11.1 Å². The first kappa shape index (κ1) is 25.1. The van der Waals surface area contributed by atoms with E-state index in [4.69, 9.17) is 0 Å². The summed E-state index contributed by atoms with van der Waals surface area (Å²) in [6, 6.07) is 8.50. The summed E-state index contributed by atoms with van der Waals surface area (Å²) in [5.74, 6) is -22.4. The molecule has 5 aromatic rings. The number of halogens is 11. The van der Waals surface area contributed by atoms with E-state index in [9.17, 15) is 43.9 Å². The van der Waals surface area contributed by atoms with E-state index in [0.29, 0.717) is 0 Å². The Balaban J connectivity index is 2.10. The quantitative estimate of drug-likeness (QED) is 0.0833.